The average molecular weight is 1280 g/mol. The molecule has 0 unspecified atom stereocenters. The van der Waals surface area contributed by atoms with Crippen LogP contribution in [0.2, 0.25) is 0 Å². The van der Waals surface area contributed by atoms with E-state index in [0.717, 1.165) is 79.5 Å². The number of likely N-dealkylation sites (tertiary alicyclic amines) is 2. The number of nitrogens with one attached hydrogen (secondary N) is 4. The highest BCUT2D eigenvalue weighted by atomic mass is 32.2. The Balaban J connectivity index is 0.625. The lowest BCUT2D eigenvalue weighted by molar-refractivity contribution is -0.138. The number of alkyl halides is 3. The van der Waals surface area contributed by atoms with Gasteiger partial charge in [-0.1, -0.05) is 24.3 Å². The maximum absolute atomic E-state index is 14.5. The molecule has 2 atom stereocenters. The smallest absolute Gasteiger partial charge is 0.416 e. The Bertz CT molecular complexity index is 3790. The fraction of sp³-hybridized carbons (Fsp3) is 0.373. The molecule has 5 heterocycles. The van der Waals surface area contributed by atoms with Gasteiger partial charge in [-0.05, 0) is 176 Å². The summed E-state index contributed by atoms with van der Waals surface area (Å²) in [5.74, 6) is 0.145. The Morgan fingerprint density at radius 1 is 0.758 bits per heavy atom. The van der Waals surface area contributed by atoms with Gasteiger partial charge in [-0.25, -0.2) is 13.4 Å². The third kappa shape index (κ3) is 17.1. The second-order valence-electron chi connectivity index (χ2n) is 22.9. The van der Waals surface area contributed by atoms with Crippen LogP contribution in [0.25, 0.3) is 22.3 Å². The molecule has 10 rings (SSSR count). The van der Waals surface area contributed by atoms with Crippen LogP contribution in [0.1, 0.15) is 102 Å². The first-order valence-corrected chi connectivity index (χ1v) is 32.7. The van der Waals surface area contributed by atoms with Crippen molar-refractivity contribution < 1.29 is 55.0 Å². The lowest BCUT2D eigenvalue weighted by Gasteiger charge is -2.36. The Morgan fingerprint density at radius 2 is 1.49 bits per heavy atom. The van der Waals surface area contributed by atoms with Crippen molar-refractivity contribution in [2.75, 3.05) is 70.9 Å². The first kappa shape index (κ1) is 65.4. The van der Waals surface area contributed by atoms with Crippen molar-refractivity contribution in [2.45, 2.75) is 80.9 Å². The van der Waals surface area contributed by atoms with Crippen LogP contribution in [0, 0.1) is 29.1 Å². The van der Waals surface area contributed by atoms with Crippen LogP contribution in [-0.2, 0) is 46.6 Å². The quantitative estimate of drug-likeness (QED) is 0.0369. The van der Waals surface area contributed by atoms with Gasteiger partial charge in [0.2, 0.25) is 17.7 Å². The van der Waals surface area contributed by atoms with E-state index in [1.807, 2.05) is 41.3 Å². The molecule has 4 aromatic carbocycles. The van der Waals surface area contributed by atoms with Crippen LogP contribution in [0.15, 0.2) is 144 Å². The number of nitrogens with zero attached hydrogens (tertiary/aromatic N) is 6. The highest BCUT2D eigenvalue weighted by molar-refractivity contribution is 7.93. The molecule has 1 saturated carbocycles. The van der Waals surface area contributed by atoms with Crippen molar-refractivity contribution in [3.63, 3.8) is 0 Å². The SMILES string of the molecule is CN1C(=O)C[C@H](C(=O)NCCOCCOCCNC(=O)c2ccc(C3CCC(C(=O)N4CCC(CCNCc5cc(-c6ccc(Oc7ccc(S(=O)(=O)Nc8nccs8)cc7C#N)c(-c7ccncc7)c6)cc(C(F)(F)F)c5)CC4)CC3)cc2)[C@H]1c1cccnc1. The number of anilines is 1. The Kier molecular flexibility index (Phi) is 21.9. The van der Waals surface area contributed by atoms with Gasteiger partial charge in [0.1, 0.15) is 17.6 Å². The number of sulfonamides is 1. The summed E-state index contributed by atoms with van der Waals surface area (Å²) < 4.78 is 89.6. The second kappa shape index (κ2) is 30.5. The van der Waals surface area contributed by atoms with Gasteiger partial charge in [-0.2, -0.15) is 18.4 Å². The molecule has 0 bridgehead atoms. The van der Waals surface area contributed by atoms with Crippen LogP contribution in [-0.4, -0.2) is 123 Å². The Labute approximate surface area is 530 Å². The number of piperidine rings is 1. The first-order chi connectivity index (χ1) is 44.0. The molecule has 4 amide bonds. The number of carbonyl (C=O) groups excluding carboxylic acids is 4. The van der Waals surface area contributed by atoms with E-state index in [1.54, 1.807) is 84.6 Å². The summed E-state index contributed by atoms with van der Waals surface area (Å²) in [5.41, 5.74) is 4.05. The summed E-state index contributed by atoms with van der Waals surface area (Å²) in [6, 6.07) is 29.2. The lowest BCUT2D eigenvalue weighted by Crippen LogP contribution is -2.42. The largest absolute Gasteiger partial charge is 0.455 e. The second-order valence-corrected chi connectivity index (χ2v) is 25.5. The van der Waals surface area contributed by atoms with Gasteiger partial charge >= 0.3 is 6.18 Å². The Hall–Kier alpha value is -8.60. The van der Waals surface area contributed by atoms with E-state index in [1.165, 1.54) is 24.4 Å². The Morgan fingerprint density at radius 3 is 2.19 bits per heavy atom. The number of nitriles is 1. The highest BCUT2D eigenvalue weighted by Gasteiger charge is 2.43. The maximum Gasteiger partial charge on any atom is 0.416 e. The van der Waals surface area contributed by atoms with E-state index in [-0.39, 0.29) is 82.3 Å². The number of amides is 4. The number of aromatic nitrogens is 3. The van der Waals surface area contributed by atoms with Crippen LogP contribution < -0.4 is 25.4 Å². The van der Waals surface area contributed by atoms with E-state index in [4.69, 9.17) is 14.2 Å². The van der Waals surface area contributed by atoms with Crippen molar-refractivity contribution >= 4 is 50.1 Å². The third-order valence-corrected chi connectivity index (χ3v) is 19.1. The van der Waals surface area contributed by atoms with Crippen molar-refractivity contribution in [3.05, 3.63) is 173 Å². The predicted molar refractivity (Wildman–Crippen MR) is 336 cm³/mol. The number of ether oxygens (including phenoxy) is 3. The van der Waals surface area contributed by atoms with Crippen LogP contribution in [0.4, 0.5) is 18.3 Å². The molecule has 0 radical (unpaired) electrons. The lowest BCUT2D eigenvalue weighted by atomic mass is 9.78. The van der Waals surface area contributed by atoms with Crippen LogP contribution >= 0.6 is 11.3 Å². The molecular formula is C67H71F3N10O9S2. The summed E-state index contributed by atoms with van der Waals surface area (Å²) in [5, 5.41) is 21.0. The molecule has 24 heteroatoms. The number of rotatable bonds is 26. The normalized spacial score (nSPS) is 17.9. The van der Waals surface area contributed by atoms with E-state index in [9.17, 15) is 46.0 Å². The monoisotopic (exact) mass is 1280 g/mol. The minimum absolute atomic E-state index is 0.0361. The molecule has 4 N–H and O–H groups in total. The first-order valence-electron chi connectivity index (χ1n) is 30.4. The number of pyridine rings is 2. The molecule has 3 aromatic heterocycles. The molecule has 19 nitrogen and oxygen atoms in total. The van der Waals surface area contributed by atoms with Gasteiger partial charge in [-0.3, -0.25) is 33.9 Å². The number of carbonyl (C=O) groups is 4. The zero-order chi connectivity index (χ0) is 63.9. The van der Waals surface area contributed by atoms with Crippen LogP contribution in [0.5, 0.6) is 11.5 Å². The number of halogens is 3. The number of benzene rings is 4. The van der Waals surface area contributed by atoms with E-state index < -0.39 is 27.7 Å². The zero-order valence-electron chi connectivity index (χ0n) is 50.2. The molecule has 0 spiro atoms. The molecule has 3 aliphatic rings. The minimum Gasteiger partial charge on any atom is -0.455 e. The summed E-state index contributed by atoms with van der Waals surface area (Å²) in [4.78, 5) is 67.7. The van der Waals surface area contributed by atoms with E-state index >= 15 is 0 Å². The molecule has 91 heavy (non-hydrogen) atoms. The molecule has 2 aliphatic heterocycles. The van der Waals surface area contributed by atoms with Gasteiger partial charge < -0.3 is 40.0 Å². The molecule has 476 valence electrons. The number of hydrogen-bond acceptors (Lipinski definition) is 15. The van der Waals surface area contributed by atoms with Gasteiger partial charge in [0.25, 0.3) is 15.9 Å². The number of thiazole rings is 1. The van der Waals surface area contributed by atoms with Gasteiger partial charge in [-0.15, -0.1) is 11.3 Å². The van der Waals surface area contributed by atoms with Crippen molar-refractivity contribution in [2.24, 2.45) is 17.8 Å². The summed E-state index contributed by atoms with van der Waals surface area (Å²) in [6.45, 7) is 3.94. The summed E-state index contributed by atoms with van der Waals surface area (Å²) in [7, 11) is -2.38. The highest BCUT2D eigenvalue weighted by Crippen LogP contribution is 2.42. The minimum atomic E-state index is -4.62. The van der Waals surface area contributed by atoms with E-state index in [0.29, 0.717) is 97.8 Å². The molecule has 3 fully saturated rings. The molecule has 1 aliphatic carbocycles. The van der Waals surface area contributed by atoms with Crippen molar-refractivity contribution in [1.82, 2.24) is 40.7 Å². The van der Waals surface area contributed by atoms with Crippen LogP contribution in [0.3, 0.4) is 0 Å². The van der Waals surface area contributed by atoms with E-state index in [2.05, 4.69) is 35.6 Å². The maximum atomic E-state index is 14.5. The van der Waals surface area contributed by atoms with Gasteiger partial charge in [0.05, 0.1) is 54.4 Å². The molecular weight excluding hydrogens is 1210 g/mol. The summed E-state index contributed by atoms with van der Waals surface area (Å²) >= 11 is 1.10. The predicted octanol–water partition coefficient (Wildman–Crippen LogP) is 10.5. The summed E-state index contributed by atoms with van der Waals surface area (Å²) in [6.07, 6.45) is 9.28. The average Bonchev–Trinajstić information content (AvgIpc) is 2.51. The fourth-order valence-corrected chi connectivity index (χ4v) is 13.9. The van der Waals surface area contributed by atoms with Crippen molar-refractivity contribution in [1.29, 1.82) is 5.26 Å². The van der Waals surface area contributed by atoms with Gasteiger partial charge in [0, 0.05) is 99.6 Å². The number of hydrogen-bond donors (Lipinski definition) is 4. The van der Waals surface area contributed by atoms with Gasteiger partial charge in [0.15, 0.2) is 5.13 Å². The molecule has 7 aromatic rings. The molecule has 2 saturated heterocycles. The van der Waals surface area contributed by atoms with Crippen molar-refractivity contribution in [3.8, 4) is 39.8 Å². The third-order valence-electron chi connectivity index (χ3n) is 17.0. The standard InChI is InChI=1S/C67H71F3N10O9S2/c1-79-61(81)40-58(62(79)52-3-2-21-73-43-52)64(83)76-26-31-88-33-32-87-30-25-75-63(82)49-8-4-46(5-9-49)47-6-10-50(11-7-47)65(84)80-28-19-44(20-29-80)16-22-74-42-45-35-53(37-55(36-45)67(68,69)70)51-12-14-60(57(39-51)48-17-23-72-24-18-48)89-59-15-13-56(38-54(59)41-71)91(85,86)78-66-77-27-34-90-66/h2-5,8-9,12-15,17-18,21,23-24,27,34-39,43-44,47,50,58,62,74H,6-7,10-11,16,19-20,22,25-26,28-33,40,42H2,1H3,(H,75,82)(H,76,83)(H,77,78)/t47?,50?,58-,62+/m0/s1. The fourth-order valence-electron chi connectivity index (χ4n) is 12.1. The topological polar surface area (TPSA) is 247 Å². The zero-order valence-corrected chi connectivity index (χ0v) is 51.8.